The highest BCUT2D eigenvalue weighted by molar-refractivity contribution is 6.30. The third kappa shape index (κ3) is 8.48. The lowest BCUT2D eigenvalue weighted by Gasteiger charge is -2.04. The van der Waals surface area contributed by atoms with Crippen molar-refractivity contribution in [2.24, 2.45) is 0 Å². The van der Waals surface area contributed by atoms with Crippen LogP contribution in [0.1, 0.15) is 20.8 Å². The van der Waals surface area contributed by atoms with Crippen LogP contribution in [0.2, 0.25) is 15.5 Å². The van der Waals surface area contributed by atoms with E-state index in [2.05, 4.69) is 30.6 Å². The minimum absolute atomic E-state index is 0.0637. The molecule has 0 aliphatic carbocycles. The van der Waals surface area contributed by atoms with E-state index in [4.69, 9.17) is 46.3 Å². The van der Waals surface area contributed by atoms with Gasteiger partial charge in [-0.2, -0.15) is 0 Å². The molecule has 0 atom stereocenters. The molecule has 0 saturated heterocycles. The summed E-state index contributed by atoms with van der Waals surface area (Å²) < 4.78 is 1.82. The molecular weight excluding hydrogens is 543 g/mol. The fourth-order valence-electron chi connectivity index (χ4n) is 2.94. The lowest BCUT2D eigenvalue weighted by molar-refractivity contribution is -0.384. The molecule has 15 heteroatoms. The number of rotatable bonds is 6. The van der Waals surface area contributed by atoms with Gasteiger partial charge < -0.3 is 22.1 Å². The SMILES string of the molecule is CCNc1nc(Cl)ccc1N.CCNc1nc(Cl)ccc1[N+](=O)[O-].CCn1c(N)nc2ccc(Cl)nc21. The van der Waals surface area contributed by atoms with Gasteiger partial charge in [-0.15, -0.1) is 0 Å². The Kier molecular flexibility index (Phi) is 11.4. The quantitative estimate of drug-likeness (QED) is 0.131. The van der Waals surface area contributed by atoms with Gasteiger partial charge in [0.25, 0.3) is 0 Å². The van der Waals surface area contributed by atoms with Crippen LogP contribution in [0.25, 0.3) is 11.2 Å². The molecule has 4 heterocycles. The normalized spacial score (nSPS) is 10.1. The molecule has 0 radical (unpaired) electrons. The maximum absolute atomic E-state index is 10.5. The minimum Gasteiger partial charge on any atom is -0.396 e. The molecule has 37 heavy (non-hydrogen) atoms. The molecule has 0 saturated carbocycles. The first kappa shape index (κ1) is 29.6. The molecule has 4 aromatic rings. The summed E-state index contributed by atoms with van der Waals surface area (Å²) in [5, 5.41) is 17.4. The summed E-state index contributed by atoms with van der Waals surface area (Å²) in [7, 11) is 0. The molecule has 4 rings (SSSR count). The molecule has 198 valence electrons. The van der Waals surface area contributed by atoms with Gasteiger partial charge in [0.2, 0.25) is 11.8 Å². The van der Waals surface area contributed by atoms with E-state index in [0.29, 0.717) is 34.3 Å². The summed E-state index contributed by atoms with van der Waals surface area (Å²) in [5.41, 5.74) is 13.4. The van der Waals surface area contributed by atoms with E-state index in [9.17, 15) is 10.1 Å². The van der Waals surface area contributed by atoms with Crippen LogP contribution in [-0.4, -0.2) is 42.5 Å². The molecule has 0 unspecified atom stereocenters. The maximum Gasteiger partial charge on any atom is 0.311 e. The molecule has 0 aromatic carbocycles. The number of nitrogen functional groups attached to an aromatic ring is 2. The van der Waals surface area contributed by atoms with Crippen molar-refractivity contribution in [2.75, 3.05) is 35.2 Å². The van der Waals surface area contributed by atoms with Crippen molar-refractivity contribution in [1.82, 2.24) is 24.5 Å². The highest BCUT2D eigenvalue weighted by Crippen LogP contribution is 2.23. The first-order valence-electron chi connectivity index (χ1n) is 11.1. The molecule has 6 N–H and O–H groups in total. The first-order chi connectivity index (χ1) is 17.6. The van der Waals surface area contributed by atoms with Crippen LogP contribution in [0.4, 0.5) is 29.0 Å². The number of nitrogens with two attached hydrogens (primary N) is 2. The fraction of sp³-hybridized carbons (Fsp3) is 0.273. The van der Waals surface area contributed by atoms with Crippen molar-refractivity contribution < 1.29 is 4.92 Å². The molecule has 0 aliphatic heterocycles. The lowest BCUT2D eigenvalue weighted by Crippen LogP contribution is -2.03. The first-order valence-corrected chi connectivity index (χ1v) is 12.2. The Morgan fingerprint density at radius 2 is 1.38 bits per heavy atom. The average molecular weight is 570 g/mol. The molecule has 0 spiro atoms. The van der Waals surface area contributed by atoms with Crippen LogP contribution < -0.4 is 22.1 Å². The monoisotopic (exact) mass is 568 g/mol. The smallest absolute Gasteiger partial charge is 0.311 e. The number of aromatic nitrogens is 5. The Balaban J connectivity index is 0.000000196. The topological polar surface area (TPSA) is 176 Å². The van der Waals surface area contributed by atoms with Crippen molar-refractivity contribution in [3.63, 3.8) is 0 Å². The predicted molar refractivity (Wildman–Crippen MR) is 151 cm³/mol. The number of aryl methyl sites for hydroxylation is 1. The van der Waals surface area contributed by atoms with Crippen molar-refractivity contribution in [3.8, 4) is 0 Å². The van der Waals surface area contributed by atoms with E-state index in [1.54, 1.807) is 18.2 Å². The third-order valence-electron chi connectivity index (χ3n) is 4.52. The Morgan fingerprint density at radius 1 is 0.838 bits per heavy atom. The third-order valence-corrected chi connectivity index (χ3v) is 5.15. The summed E-state index contributed by atoms with van der Waals surface area (Å²) in [6.07, 6.45) is 0. The van der Waals surface area contributed by atoms with Gasteiger partial charge in [0.1, 0.15) is 21.0 Å². The lowest BCUT2D eigenvalue weighted by atomic mass is 10.4. The second-order valence-corrected chi connectivity index (χ2v) is 8.24. The Bertz CT molecular complexity index is 1350. The van der Waals surface area contributed by atoms with Gasteiger partial charge in [-0.25, -0.2) is 19.9 Å². The van der Waals surface area contributed by atoms with Gasteiger partial charge in [0, 0.05) is 25.7 Å². The number of anilines is 4. The van der Waals surface area contributed by atoms with Crippen LogP contribution in [0.15, 0.2) is 36.4 Å². The van der Waals surface area contributed by atoms with E-state index < -0.39 is 4.92 Å². The van der Waals surface area contributed by atoms with Crippen molar-refractivity contribution in [2.45, 2.75) is 27.3 Å². The van der Waals surface area contributed by atoms with Crippen LogP contribution in [0.5, 0.6) is 0 Å². The average Bonchev–Trinajstić information content (AvgIpc) is 3.16. The number of fused-ring (bicyclic) bond motifs is 1. The van der Waals surface area contributed by atoms with Crippen molar-refractivity contribution in [3.05, 3.63) is 62.0 Å². The summed E-state index contributed by atoms with van der Waals surface area (Å²) in [4.78, 5) is 26.1. The van der Waals surface area contributed by atoms with Crippen LogP contribution in [0, 0.1) is 10.1 Å². The number of pyridine rings is 3. The molecule has 0 fully saturated rings. The summed E-state index contributed by atoms with van der Waals surface area (Å²) >= 11 is 17.0. The molecule has 4 aromatic heterocycles. The zero-order chi connectivity index (χ0) is 27.5. The second-order valence-electron chi connectivity index (χ2n) is 7.08. The van der Waals surface area contributed by atoms with Crippen LogP contribution >= 0.6 is 34.8 Å². The van der Waals surface area contributed by atoms with Gasteiger partial charge >= 0.3 is 5.69 Å². The van der Waals surface area contributed by atoms with Gasteiger partial charge in [-0.1, -0.05) is 34.8 Å². The number of nitro groups is 1. The second kappa shape index (κ2) is 14.2. The number of hydrogen-bond donors (Lipinski definition) is 4. The molecular formula is C22H27Cl3N10O2. The highest BCUT2D eigenvalue weighted by atomic mass is 35.5. The predicted octanol–water partition coefficient (Wildman–Crippen LogP) is 5.51. The number of halogens is 3. The fourth-order valence-corrected chi connectivity index (χ4v) is 3.37. The molecule has 0 aliphatic rings. The Hall–Kier alpha value is -3.61. The van der Waals surface area contributed by atoms with Crippen molar-refractivity contribution >= 4 is 74.9 Å². The van der Waals surface area contributed by atoms with E-state index in [0.717, 1.165) is 24.3 Å². The minimum atomic E-state index is -0.499. The Morgan fingerprint density at radius 3 is 1.97 bits per heavy atom. The number of hydrogen-bond acceptors (Lipinski definition) is 10. The van der Waals surface area contributed by atoms with Crippen LogP contribution in [-0.2, 0) is 6.54 Å². The zero-order valence-electron chi connectivity index (χ0n) is 20.4. The Labute approximate surface area is 228 Å². The van der Waals surface area contributed by atoms with Gasteiger partial charge in [0.15, 0.2) is 11.5 Å². The van der Waals surface area contributed by atoms with E-state index in [1.165, 1.54) is 12.1 Å². The largest absolute Gasteiger partial charge is 0.396 e. The van der Waals surface area contributed by atoms with E-state index in [1.807, 2.05) is 31.4 Å². The molecule has 12 nitrogen and oxygen atoms in total. The summed E-state index contributed by atoms with van der Waals surface area (Å²) in [6.45, 7) is 7.88. The van der Waals surface area contributed by atoms with Gasteiger partial charge in [-0.05, 0) is 51.1 Å². The van der Waals surface area contributed by atoms with Gasteiger partial charge in [0.05, 0.1) is 10.6 Å². The van der Waals surface area contributed by atoms with E-state index >= 15 is 0 Å². The highest BCUT2D eigenvalue weighted by Gasteiger charge is 2.14. The van der Waals surface area contributed by atoms with Crippen molar-refractivity contribution in [1.29, 1.82) is 0 Å². The molecule has 0 amide bonds. The molecule has 0 bridgehead atoms. The van der Waals surface area contributed by atoms with Crippen LogP contribution in [0.3, 0.4) is 0 Å². The number of nitrogens with zero attached hydrogens (tertiary/aromatic N) is 6. The summed E-state index contributed by atoms with van der Waals surface area (Å²) in [5.74, 6) is 1.34. The summed E-state index contributed by atoms with van der Waals surface area (Å²) in [6, 6.07) is 9.63. The van der Waals surface area contributed by atoms with E-state index in [-0.39, 0.29) is 16.7 Å². The maximum atomic E-state index is 10.5. The zero-order valence-corrected chi connectivity index (χ0v) is 22.6. The van der Waals surface area contributed by atoms with Gasteiger partial charge in [-0.3, -0.25) is 14.7 Å². The number of imidazole rings is 1. The number of nitrogens with one attached hydrogen (secondary N) is 2. The standard InChI is InChI=1S/C8H9ClN4.C7H8ClN3O2.C7H10ClN3/c1-2-13-7-5(11-8(13)10)3-4-6(9)12-7;1-2-9-7-5(11(12)13)3-4-6(8)10-7;1-2-10-7-5(9)3-4-6(8)11-7/h3-4H,2H2,1H3,(H2,10,11);3-4H,2H2,1H3,(H,9,10);3-4H,2,9H2,1H3,(H,10,11).